The van der Waals surface area contributed by atoms with Gasteiger partial charge in [0.2, 0.25) is 0 Å². The van der Waals surface area contributed by atoms with E-state index in [-0.39, 0.29) is 11.2 Å². The fourth-order valence-electron chi connectivity index (χ4n) is 3.15. The van der Waals surface area contributed by atoms with Gasteiger partial charge in [0.25, 0.3) is 0 Å². The van der Waals surface area contributed by atoms with E-state index in [1.165, 1.54) is 12.1 Å². The summed E-state index contributed by atoms with van der Waals surface area (Å²) in [6.45, 7) is 4.79. The minimum atomic E-state index is -0.241. The molecule has 144 valence electrons. The minimum absolute atomic E-state index is 0.200. The molecule has 0 bridgehead atoms. The smallest absolute Gasteiger partial charge is 0.170 e. The second kappa shape index (κ2) is 7.32. The van der Waals surface area contributed by atoms with Crippen LogP contribution in [0, 0.1) is 17.1 Å². The van der Waals surface area contributed by atoms with E-state index in [4.69, 9.17) is 5.26 Å². The number of halogens is 1. The van der Waals surface area contributed by atoms with Crippen LogP contribution < -0.4 is 5.32 Å². The van der Waals surface area contributed by atoms with Crippen LogP contribution in [0.4, 0.5) is 10.2 Å². The van der Waals surface area contributed by atoms with E-state index in [1.807, 2.05) is 30.3 Å². The van der Waals surface area contributed by atoms with Gasteiger partial charge in [-0.15, -0.1) is 10.2 Å². The van der Waals surface area contributed by atoms with Crippen LogP contribution in [-0.2, 0) is 5.41 Å². The number of fused-ring (bicyclic) bond motifs is 1. The van der Waals surface area contributed by atoms with Gasteiger partial charge in [-0.3, -0.25) is 5.10 Å². The van der Waals surface area contributed by atoms with Gasteiger partial charge in [0.1, 0.15) is 17.7 Å². The summed E-state index contributed by atoms with van der Waals surface area (Å²) in [5.41, 5.74) is 3.57. The standard InChI is InChI=1S/C22H19FN6/c1-22(2,15-4-6-16(23)7-5-15)13-25-21-10-9-18(26-29-21)14-3-8-19-17(11-14)20(12-24)28-27-19/h3-11H,13H2,1-2H3,(H,25,29)(H,27,28). The zero-order valence-electron chi connectivity index (χ0n) is 16.1. The van der Waals surface area contributed by atoms with E-state index in [1.54, 1.807) is 12.1 Å². The first-order valence-corrected chi connectivity index (χ1v) is 9.18. The van der Waals surface area contributed by atoms with E-state index < -0.39 is 0 Å². The molecule has 0 saturated heterocycles. The van der Waals surface area contributed by atoms with Gasteiger partial charge in [0.15, 0.2) is 5.69 Å². The van der Waals surface area contributed by atoms with Crippen LogP contribution in [0.3, 0.4) is 0 Å². The number of hydrogen-bond acceptors (Lipinski definition) is 5. The Morgan fingerprint density at radius 2 is 1.86 bits per heavy atom. The zero-order valence-corrected chi connectivity index (χ0v) is 16.1. The molecule has 0 radical (unpaired) electrons. The lowest BCUT2D eigenvalue weighted by atomic mass is 9.84. The van der Waals surface area contributed by atoms with Crippen molar-refractivity contribution in [1.29, 1.82) is 5.26 Å². The van der Waals surface area contributed by atoms with Crippen LogP contribution in [0.1, 0.15) is 25.1 Å². The Morgan fingerprint density at radius 3 is 2.55 bits per heavy atom. The maximum Gasteiger partial charge on any atom is 0.170 e. The molecule has 0 spiro atoms. The second-order valence-electron chi connectivity index (χ2n) is 7.49. The fraction of sp³-hybridized carbons (Fsp3) is 0.182. The molecule has 4 rings (SSSR count). The molecule has 2 aromatic carbocycles. The van der Waals surface area contributed by atoms with Crippen LogP contribution in [-0.4, -0.2) is 26.9 Å². The Morgan fingerprint density at radius 1 is 1.07 bits per heavy atom. The van der Waals surface area contributed by atoms with Crippen molar-refractivity contribution in [1.82, 2.24) is 20.4 Å². The van der Waals surface area contributed by atoms with Gasteiger partial charge >= 0.3 is 0 Å². The third kappa shape index (κ3) is 3.78. The number of H-pyrrole nitrogens is 1. The number of aromatic amines is 1. The van der Waals surface area contributed by atoms with Crippen molar-refractivity contribution >= 4 is 16.7 Å². The summed E-state index contributed by atoms with van der Waals surface area (Å²) >= 11 is 0. The first-order valence-electron chi connectivity index (χ1n) is 9.18. The van der Waals surface area contributed by atoms with Gasteiger partial charge in [-0.1, -0.05) is 32.0 Å². The van der Waals surface area contributed by atoms with Crippen LogP contribution in [0.25, 0.3) is 22.2 Å². The maximum absolute atomic E-state index is 13.2. The predicted molar refractivity (Wildman–Crippen MR) is 110 cm³/mol. The molecule has 0 fully saturated rings. The molecule has 0 aliphatic carbocycles. The van der Waals surface area contributed by atoms with Crippen molar-refractivity contribution in [3.05, 3.63) is 71.7 Å². The largest absolute Gasteiger partial charge is 0.368 e. The third-order valence-corrected chi connectivity index (χ3v) is 4.97. The summed E-state index contributed by atoms with van der Waals surface area (Å²) in [4.78, 5) is 0. The summed E-state index contributed by atoms with van der Waals surface area (Å²) in [5.74, 6) is 0.417. The highest BCUT2D eigenvalue weighted by atomic mass is 19.1. The van der Waals surface area contributed by atoms with Gasteiger partial charge in [-0.25, -0.2) is 4.39 Å². The molecular weight excluding hydrogens is 367 g/mol. The molecular formula is C22H19FN6. The molecule has 0 amide bonds. The Bertz CT molecular complexity index is 1190. The molecule has 0 unspecified atom stereocenters. The molecule has 29 heavy (non-hydrogen) atoms. The number of aromatic nitrogens is 4. The molecule has 4 aromatic rings. The Balaban J connectivity index is 1.49. The monoisotopic (exact) mass is 386 g/mol. The van der Waals surface area contributed by atoms with Crippen LogP contribution in [0.15, 0.2) is 54.6 Å². The highest BCUT2D eigenvalue weighted by Gasteiger charge is 2.20. The van der Waals surface area contributed by atoms with Crippen molar-refractivity contribution in [2.45, 2.75) is 19.3 Å². The van der Waals surface area contributed by atoms with Crippen molar-refractivity contribution in [3.8, 4) is 17.3 Å². The second-order valence-corrected chi connectivity index (χ2v) is 7.49. The van der Waals surface area contributed by atoms with Gasteiger partial charge in [-0.2, -0.15) is 10.4 Å². The topological polar surface area (TPSA) is 90.3 Å². The number of nitrogens with zero attached hydrogens (tertiary/aromatic N) is 4. The Labute approximate surface area is 167 Å². The highest BCUT2D eigenvalue weighted by Crippen LogP contribution is 2.26. The molecule has 2 N–H and O–H groups in total. The zero-order chi connectivity index (χ0) is 20.4. The molecule has 0 aliphatic heterocycles. The number of hydrogen-bond donors (Lipinski definition) is 2. The third-order valence-electron chi connectivity index (χ3n) is 4.97. The summed E-state index contributed by atoms with van der Waals surface area (Å²) in [7, 11) is 0. The molecule has 2 aromatic heterocycles. The summed E-state index contributed by atoms with van der Waals surface area (Å²) in [6.07, 6.45) is 0. The lowest BCUT2D eigenvalue weighted by molar-refractivity contribution is 0.552. The maximum atomic E-state index is 13.2. The summed E-state index contributed by atoms with van der Waals surface area (Å²) in [6, 6.07) is 18.0. The minimum Gasteiger partial charge on any atom is -0.368 e. The van der Waals surface area contributed by atoms with E-state index in [2.05, 4.69) is 45.6 Å². The first kappa shape index (κ1) is 18.6. The SMILES string of the molecule is CC(C)(CNc1ccc(-c2ccc3[nH]nc(C#N)c3c2)nn1)c1ccc(F)cc1. The number of nitrogens with one attached hydrogen (secondary N) is 2. The van der Waals surface area contributed by atoms with Crippen LogP contribution >= 0.6 is 0 Å². The molecule has 0 aliphatic rings. The quantitative estimate of drug-likeness (QED) is 0.530. The average Bonchev–Trinajstić information content (AvgIpc) is 3.15. The van der Waals surface area contributed by atoms with Crippen molar-refractivity contribution < 1.29 is 4.39 Å². The molecule has 0 saturated carbocycles. The lowest BCUT2D eigenvalue weighted by Crippen LogP contribution is -2.28. The van der Waals surface area contributed by atoms with Crippen molar-refractivity contribution in [2.24, 2.45) is 0 Å². The van der Waals surface area contributed by atoms with Crippen LogP contribution in [0.2, 0.25) is 0 Å². The van der Waals surface area contributed by atoms with E-state index in [0.717, 1.165) is 22.0 Å². The van der Waals surface area contributed by atoms with Gasteiger partial charge in [-0.05, 0) is 42.0 Å². The van der Waals surface area contributed by atoms with Gasteiger partial charge in [0.05, 0.1) is 11.2 Å². The normalized spacial score (nSPS) is 11.4. The molecule has 7 heteroatoms. The molecule has 0 atom stereocenters. The highest BCUT2D eigenvalue weighted by molar-refractivity contribution is 5.87. The van der Waals surface area contributed by atoms with Gasteiger partial charge in [0, 0.05) is 22.9 Å². The fourth-order valence-corrected chi connectivity index (χ4v) is 3.15. The lowest BCUT2D eigenvalue weighted by Gasteiger charge is -2.25. The van der Waals surface area contributed by atoms with Crippen LogP contribution in [0.5, 0.6) is 0 Å². The van der Waals surface area contributed by atoms with E-state index in [0.29, 0.717) is 23.8 Å². The number of anilines is 1. The Hall–Kier alpha value is -3.79. The first-order chi connectivity index (χ1) is 14.0. The van der Waals surface area contributed by atoms with E-state index in [9.17, 15) is 4.39 Å². The average molecular weight is 386 g/mol. The summed E-state index contributed by atoms with van der Waals surface area (Å²) in [5, 5.41) is 28.6. The van der Waals surface area contributed by atoms with Gasteiger partial charge < -0.3 is 5.32 Å². The number of rotatable bonds is 5. The van der Waals surface area contributed by atoms with Crippen molar-refractivity contribution in [3.63, 3.8) is 0 Å². The molecule has 2 heterocycles. The molecule has 6 nitrogen and oxygen atoms in total. The summed E-state index contributed by atoms with van der Waals surface area (Å²) < 4.78 is 13.2. The number of nitriles is 1. The van der Waals surface area contributed by atoms with Crippen molar-refractivity contribution in [2.75, 3.05) is 11.9 Å². The Kier molecular flexibility index (Phi) is 4.69. The predicted octanol–water partition coefficient (Wildman–Crippen LogP) is 4.42. The number of benzene rings is 2. The van der Waals surface area contributed by atoms with E-state index >= 15 is 0 Å².